The van der Waals surface area contributed by atoms with Crippen LogP contribution in [-0.2, 0) is 16.6 Å². The second-order valence-electron chi connectivity index (χ2n) is 7.15. The molecule has 0 saturated carbocycles. The highest BCUT2D eigenvalue weighted by Crippen LogP contribution is 2.26. The highest BCUT2D eigenvalue weighted by atomic mass is 16.5. The summed E-state index contributed by atoms with van der Waals surface area (Å²) in [6.45, 7) is 9.98. The van der Waals surface area contributed by atoms with Gasteiger partial charge in [0.1, 0.15) is 0 Å². The minimum atomic E-state index is 0.226. The van der Waals surface area contributed by atoms with Gasteiger partial charge in [0.15, 0.2) is 0 Å². The molecule has 1 aliphatic rings. The third-order valence-corrected chi connectivity index (χ3v) is 4.49. The van der Waals surface area contributed by atoms with Crippen molar-refractivity contribution in [3.05, 3.63) is 35.4 Å². The van der Waals surface area contributed by atoms with Crippen molar-refractivity contribution >= 4 is 0 Å². The highest BCUT2D eigenvalue weighted by Gasteiger charge is 2.31. The quantitative estimate of drug-likeness (QED) is 0.907. The Hall–Kier alpha value is -0.860. The predicted octanol–water partition coefficient (Wildman–Crippen LogP) is 3.54. The molecule has 3 unspecified atom stereocenters. The zero-order chi connectivity index (χ0) is 14.8. The molecule has 0 aromatic heterocycles. The lowest BCUT2D eigenvalue weighted by molar-refractivity contribution is 0.0634. The normalized spacial score (nSPS) is 24.9. The number of benzene rings is 1. The van der Waals surface area contributed by atoms with Gasteiger partial charge in [0.25, 0.3) is 0 Å². The molecule has 0 amide bonds. The van der Waals surface area contributed by atoms with Crippen LogP contribution >= 0.6 is 0 Å². The molecular formula is C18H29NO. The lowest BCUT2D eigenvalue weighted by atomic mass is 9.86. The number of nitrogens with one attached hydrogen (secondary N) is 1. The van der Waals surface area contributed by atoms with Crippen LogP contribution in [0.25, 0.3) is 0 Å². The summed E-state index contributed by atoms with van der Waals surface area (Å²) < 4.78 is 5.91. The molecule has 1 aromatic carbocycles. The van der Waals surface area contributed by atoms with E-state index < -0.39 is 0 Å². The second kappa shape index (κ2) is 6.28. The number of rotatable bonds is 4. The Bertz CT molecular complexity index is 418. The van der Waals surface area contributed by atoms with Gasteiger partial charge in [-0.2, -0.15) is 0 Å². The first-order valence-corrected chi connectivity index (χ1v) is 7.80. The molecule has 0 aliphatic carbocycles. The largest absolute Gasteiger partial charge is 0.376 e. The number of hydrogen-bond donors (Lipinski definition) is 1. The Morgan fingerprint density at radius 3 is 2.35 bits per heavy atom. The molecule has 1 N–H and O–H groups in total. The molecule has 1 fully saturated rings. The number of hydrogen-bond acceptors (Lipinski definition) is 2. The average Bonchev–Trinajstić information content (AvgIpc) is 2.82. The molecule has 1 heterocycles. The van der Waals surface area contributed by atoms with Gasteiger partial charge in [0.2, 0.25) is 0 Å². The predicted molar refractivity (Wildman–Crippen MR) is 85.2 cm³/mol. The van der Waals surface area contributed by atoms with Crippen molar-refractivity contribution in [2.75, 3.05) is 13.7 Å². The monoisotopic (exact) mass is 275 g/mol. The van der Waals surface area contributed by atoms with Crippen molar-refractivity contribution in [2.45, 2.75) is 58.1 Å². The van der Waals surface area contributed by atoms with E-state index in [1.54, 1.807) is 0 Å². The SMILES string of the molecule is CNC(Cc1ccc(C(C)(C)C)cc1)C1OCCC1C. The van der Waals surface area contributed by atoms with Gasteiger partial charge in [-0.05, 0) is 42.3 Å². The van der Waals surface area contributed by atoms with Crippen molar-refractivity contribution < 1.29 is 4.74 Å². The van der Waals surface area contributed by atoms with E-state index in [0.717, 1.165) is 13.0 Å². The van der Waals surface area contributed by atoms with E-state index in [9.17, 15) is 0 Å². The molecule has 2 rings (SSSR count). The summed E-state index contributed by atoms with van der Waals surface area (Å²) in [5.41, 5.74) is 3.01. The van der Waals surface area contributed by atoms with Gasteiger partial charge in [-0.15, -0.1) is 0 Å². The maximum absolute atomic E-state index is 5.91. The number of ether oxygens (including phenoxy) is 1. The van der Waals surface area contributed by atoms with E-state index in [0.29, 0.717) is 18.1 Å². The fraction of sp³-hybridized carbons (Fsp3) is 0.667. The van der Waals surface area contributed by atoms with Crippen LogP contribution in [0, 0.1) is 5.92 Å². The van der Waals surface area contributed by atoms with Crippen molar-refractivity contribution in [1.82, 2.24) is 5.32 Å². The number of likely N-dealkylation sites (N-methyl/N-ethyl adjacent to an activating group) is 1. The molecule has 20 heavy (non-hydrogen) atoms. The van der Waals surface area contributed by atoms with Crippen LogP contribution in [0.5, 0.6) is 0 Å². The van der Waals surface area contributed by atoms with Crippen LogP contribution < -0.4 is 5.32 Å². The van der Waals surface area contributed by atoms with Gasteiger partial charge in [0, 0.05) is 12.6 Å². The standard InChI is InChI=1S/C18H29NO/c1-13-10-11-20-17(13)16(19-5)12-14-6-8-15(9-7-14)18(2,3)4/h6-9,13,16-17,19H,10-12H2,1-5H3. The first-order valence-electron chi connectivity index (χ1n) is 7.80. The Morgan fingerprint density at radius 1 is 1.25 bits per heavy atom. The van der Waals surface area contributed by atoms with E-state index in [1.807, 2.05) is 7.05 Å². The summed E-state index contributed by atoms with van der Waals surface area (Å²) in [4.78, 5) is 0. The van der Waals surface area contributed by atoms with Crippen LogP contribution in [0.2, 0.25) is 0 Å². The summed E-state index contributed by atoms with van der Waals surface area (Å²) in [5.74, 6) is 0.654. The summed E-state index contributed by atoms with van der Waals surface area (Å²) in [6.07, 6.45) is 2.57. The lowest BCUT2D eigenvalue weighted by Gasteiger charge is -2.26. The smallest absolute Gasteiger partial charge is 0.0757 e. The Labute approximate surface area is 123 Å². The Balaban J connectivity index is 2.04. The Kier molecular flexibility index (Phi) is 4.87. The summed E-state index contributed by atoms with van der Waals surface area (Å²) in [7, 11) is 2.04. The maximum atomic E-state index is 5.91. The van der Waals surface area contributed by atoms with Crippen LogP contribution in [-0.4, -0.2) is 25.8 Å². The van der Waals surface area contributed by atoms with Crippen LogP contribution in [0.1, 0.15) is 45.2 Å². The summed E-state index contributed by atoms with van der Waals surface area (Å²) in [6, 6.07) is 9.48. The molecule has 1 aromatic rings. The molecule has 1 saturated heterocycles. The van der Waals surface area contributed by atoms with Gasteiger partial charge in [0.05, 0.1) is 6.10 Å². The molecule has 1 aliphatic heterocycles. The molecule has 2 nitrogen and oxygen atoms in total. The minimum absolute atomic E-state index is 0.226. The van der Waals surface area contributed by atoms with Crippen LogP contribution in [0.3, 0.4) is 0 Å². The highest BCUT2D eigenvalue weighted by molar-refractivity contribution is 5.28. The maximum Gasteiger partial charge on any atom is 0.0757 e. The van der Waals surface area contributed by atoms with Crippen molar-refractivity contribution in [2.24, 2.45) is 5.92 Å². The van der Waals surface area contributed by atoms with E-state index in [4.69, 9.17) is 4.74 Å². The van der Waals surface area contributed by atoms with E-state index in [-0.39, 0.29) is 5.41 Å². The van der Waals surface area contributed by atoms with E-state index in [2.05, 4.69) is 57.3 Å². The summed E-state index contributed by atoms with van der Waals surface area (Å²) >= 11 is 0. The van der Waals surface area contributed by atoms with E-state index >= 15 is 0 Å². The molecule has 0 bridgehead atoms. The zero-order valence-electron chi connectivity index (χ0n) is 13.6. The van der Waals surface area contributed by atoms with Gasteiger partial charge in [-0.25, -0.2) is 0 Å². The lowest BCUT2D eigenvalue weighted by Crippen LogP contribution is -2.41. The van der Waals surface area contributed by atoms with Crippen molar-refractivity contribution in [3.63, 3.8) is 0 Å². The molecule has 3 atom stereocenters. The van der Waals surface area contributed by atoms with E-state index in [1.165, 1.54) is 17.5 Å². The zero-order valence-corrected chi connectivity index (χ0v) is 13.6. The summed E-state index contributed by atoms with van der Waals surface area (Å²) in [5, 5.41) is 3.44. The van der Waals surface area contributed by atoms with Crippen molar-refractivity contribution in [1.29, 1.82) is 0 Å². The van der Waals surface area contributed by atoms with Gasteiger partial charge >= 0.3 is 0 Å². The fourth-order valence-corrected chi connectivity index (χ4v) is 3.01. The molecule has 2 heteroatoms. The van der Waals surface area contributed by atoms with Gasteiger partial charge in [-0.1, -0.05) is 52.0 Å². The third-order valence-electron chi connectivity index (χ3n) is 4.49. The van der Waals surface area contributed by atoms with Crippen molar-refractivity contribution in [3.8, 4) is 0 Å². The minimum Gasteiger partial charge on any atom is -0.376 e. The molecule has 112 valence electrons. The first kappa shape index (κ1) is 15.5. The fourth-order valence-electron chi connectivity index (χ4n) is 3.01. The molecular weight excluding hydrogens is 246 g/mol. The molecule has 0 radical (unpaired) electrons. The molecule has 0 spiro atoms. The van der Waals surface area contributed by atoms with Gasteiger partial charge < -0.3 is 10.1 Å². The Morgan fingerprint density at radius 2 is 1.90 bits per heavy atom. The average molecular weight is 275 g/mol. The third kappa shape index (κ3) is 3.62. The van der Waals surface area contributed by atoms with Crippen LogP contribution in [0.4, 0.5) is 0 Å². The second-order valence-corrected chi connectivity index (χ2v) is 7.15. The first-order chi connectivity index (χ1) is 9.41. The van der Waals surface area contributed by atoms with Crippen LogP contribution in [0.15, 0.2) is 24.3 Å². The van der Waals surface area contributed by atoms with Gasteiger partial charge in [-0.3, -0.25) is 0 Å². The topological polar surface area (TPSA) is 21.3 Å².